The van der Waals surface area contributed by atoms with Crippen molar-refractivity contribution in [2.45, 2.75) is 32.1 Å². The van der Waals surface area contributed by atoms with Gasteiger partial charge in [-0.05, 0) is 75.1 Å². The van der Waals surface area contributed by atoms with Crippen molar-refractivity contribution >= 4 is 6.79 Å². The molecule has 0 amide bonds. The molecule has 0 aromatic heterocycles. The number of carbonyl (C=O) groups is 1. The predicted molar refractivity (Wildman–Crippen MR) is 128 cm³/mol. The molecule has 2 aliphatic rings. The van der Waals surface area contributed by atoms with Crippen molar-refractivity contribution in [3.05, 3.63) is 66.4 Å². The first-order chi connectivity index (χ1) is 15.7. The number of hydrogen-bond acceptors (Lipinski definition) is 6. The fraction of sp³-hybridized carbons (Fsp3) is 0.423. The third-order valence-electron chi connectivity index (χ3n) is 5.18. The van der Waals surface area contributed by atoms with Gasteiger partial charge in [-0.2, -0.15) is 0 Å². The lowest BCUT2D eigenvalue weighted by Gasteiger charge is -2.19. The lowest BCUT2D eigenvalue weighted by molar-refractivity contribution is -0.0979. The summed E-state index contributed by atoms with van der Waals surface area (Å²) in [6.07, 6.45) is 5.83. The topological polar surface area (TPSA) is 74.0 Å². The van der Waals surface area contributed by atoms with Gasteiger partial charge in [0.15, 0.2) is 11.5 Å². The van der Waals surface area contributed by atoms with Crippen molar-refractivity contribution < 1.29 is 19.0 Å². The van der Waals surface area contributed by atoms with Crippen LogP contribution in [0.3, 0.4) is 0 Å². The van der Waals surface area contributed by atoms with Gasteiger partial charge in [0.2, 0.25) is 0 Å². The first-order valence-electron chi connectivity index (χ1n) is 11.2. The van der Waals surface area contributed by atoms with Gasteiger partial charge in [0, 0.05) is 12.1 Å². The smallest absolute Gasteiger partial charge is 0.161 e. The zero-order valence-corrected chi connectivity index (χ0v) is 19.0. The maximum absolute atomic E-state index is 8.00. The summed E-state index contributed by atoms with van der Waals surface area (Å²) in [7, 11) is 0. The molecule has 0 radical (unpaired) electrons. The van der Waals surface area contributed by atoms with Gasteiger partial charge in [-0.25, -0.2) is 0 Å². The third-order valence-corrected chi connectivity index (χ3v) is 5.18. The molecular weight excluding hydrogens is 404 g/mol. The summed E-state index contributed by atoms with van der Waals surface area (Å²) in [6.45, 7) is 11.3. The van der Waals surface area contributed by atoms with Gasteiger partial charge >= 0.3 is 0 Å². The van der Waals surface area contributed by atoms with E-state index in [9.17, 15) is 0 Å². The number of rotatable bonds is 8. The van der Waals surface area contributed by atoms with Crippen molar-refractivity contribution in [2.24, 2.45) is 5.73 Å². The Morgan fingerprint density at radius 1 is 1.00 bits per heavy atom. The Morgan fingerprint density at radius 2 is 1.69 bits per heavy atom. The Kier molecular flexibility index (Phi) is 11.8. The first kappa shape index (κ1) is 25.3. The summed E-state index contributed by atoms with van der Waals surface area (Å²) in [5, 5.41) is 0. The molecule has 2 aromatic rings. The standard InChI is InChI=1S/C15H21NO2.C10H13NO.CH2O/c1-2-8-16(7-1)9-3-4-13-5-6-14-15(12-13)18-11-10-17-14;1-9(11)7-8-12-10-5-3-2-4-6-10;1-2/h5-6,12H,1-4,7-11H2;2-6H,1,7-8,11H2;1H2. The Labute approximate surface area is 192 Å². The number of likely N-dealkylation sites (tertiary alicyclic amines) is 1. The summed E-state index contributed by atoms with van der Waals surface area (Å²) < 4.78 is 16.5. The zero-order valence-electron chi connectivity index (χ0n) is 19.0. The van der Waals surface area contributed by atoms with E-state index in [2.05, 4.69) is 23.6 Å². The Balaban J connectivity index is 0.000000227. The van der Waals surface area contributed by atoms with Gasteiger partial charge in [0.25, 0.3) is 0 Å². The van der Waals surface area contributed by atoms with Crippen molar-refractivity contribution in [3.63, 3.8) is 0 Å². The maximum Gasteiger partial charge on any atom is 0.161 e. The minimum atomic E-state index is 0.597. The van der Waals surface area contributed by atoms with E-state index < -0.39 is 0 Å². The van der Waals surface area contributed by atoms with E-state index in [1.807, 2.05) is 43.2 Å². The Bertz CT molecular complexity index is 792. The number of ether oxygens (including phenoxy) is 3. The second-order valence-corrected chi connectivity index (χ2v) is 7.70. The predicted octanol–water partition coefficient (Wildman–Crippen LogP) is 4.23. The zero-order chi connectivity index (χ0) is 23.0. The summed E-state index contributed by atoms with van der Waals surface area (Å²) in [4.78, 5) is 10.6. The van der Waals surface area contributed by atoms with E-state index in [1.165, 1.54) is 44.5 Å². The normalized spacial score (nSPS) is 14.4. The SMILES string of the molecule is C=C(N)CCOc1ccccc1.C=O.c1cc2c(cc1CCCN1CCCC1)OCCO2. The van der Waals surface area contributed by atoms with Crippen LogP contribution in [-0.2, 0) is 11.2 Å². The van der Waals surface area contributed by atoms with Gasteiger partial charge in [0.05, 0.1) is 6.61 Å². The van der Waals surface area contributed by atoms with Crippen LogP contribution in [0.5, 0.6) is 17.2 Å². The number of para-hydroxylation sites is 1. The fourth-order valence-electron chi connectivity index (χ4n) is 3.57. The number of nitrogens with two attached hydrogens (primary N) is 1. The molecule has 174 valence electrons. The average molecular weight is 441 g/mol. The molecule has 0 aliphatic carbocycles. The van der Waals surface area contributed by atoms with Crippen molar-refractivity contribution in [2.75, 3.05) is 39.5 Å². The Hall–Kier alpha value is -2.99. The van der Waals surface area contributed by atoms with Crippen LogP contribution in [0.2, 0.25) is 0 Å². The number of hydrogen-bond donors (Lipinski definition) is 1. The minimum Gasteiger partial charge on any atom is -0.493 e. The van der Waals surface area contributed by atoms with E-state index in [-0.39, 0.29) is 0 Å². The number of fused-ring (bicyclic) bond motifs is 1. The molecule has 4 rings (SSSR count). The average Bonchev–Trinajstić information content (AvgIpc) is 3.35. The summed E-state index contributed by atoms with van der Waals surface area (Å²) in [5.41, 5.74) is 7.40. The van der Waals surface area contributed by atoms with Crippen LogP contribution >= 0.6 is 0 Å². The summed E-state index contributed by atoms with van der Waals surface area (Å²) in [5.74, 6) is 2.68. The number of nitrogens with zero attached hydrogens (tertiary/aromatic N) is 1. The van der Waals surface area contributed by atoms with E-state index in [0.717, 1.165) is 23.7 Å². The van der Waals surface area contributed by atoms with E-state index in [4.69, 9.17) is 24.7 Å². The fourth-order valence-corrected chi connectivity index (χ4v) is 3.57. The maximum atomic E-state index is 8.00. The number of benzene rings is 2. The molecule has 2 heterocycles. The van der Waals surface area contributed by atoms with Crippen LogP contribution in [0.4, 0.5) is 0 Å². The second-order valence-electron chi connectivity index (χ2n) is 7.70. The lowest BCUT2D eigenvalue weighted by Crippen LogP contribution is -2.20. The lowest BCUT2D eigenvalue weighted by atomic mass is 10.1. The van der Waals surface area contributed by atoms with Gasteiger partial charge in [-0.3, -0.25) is 0 Å². The molecule has 0 unspecified atom stereocenters. The van der Waals surface area contributed by atoms with Crippen molar-refractivity contribution in [1.82, 2.24) is 4.90 Å². The molecule has 32 heavy (non-hydrogen) atoms. The molecule has 6 heteroatoms. The number of carbonyl (C=O) groups excluding carboxylic acids is 1. The van der Waals surface area contributed by atoms with Gasteiger partial charge in [-0.1, -0.05) is 30.8 Å². The molecule has 2 aromatic carbocycles. The summed E-state index contributed by atoms with van der Waals surface area (Å²) >= 11 is 0. The molecule has 1 saturated heterocycles. The van der Waals surface area contributed by atoms with Crippen LogP contribution in [0, 0.1) is 0 Å². The molecule has 6 nitrogen and oxygen atoms in total. The van der Waals surface area contributed by atoms with Gasteiger partial charge < -0.3 is 29.6 Å². The quantitative estimate of drug-likeness (QED) is 0.662. The van der Waals surface area contributed by atoms with Gasteiger partial charge in [-0.15, -0.1) is 0 Å². The molecule has 0 bridgehead atoms. The van der Waals surface area contributed by atoms with Gasteiger partial charge in [0.1, 0.15) is 25.8 Å². The van der Waals surface area contributed by atoms with Crippen molar-refractivity contribution in [3.8, 4) is 17.2 Å². The van der Waals surface area contributed by atoms with Crippen LogP contribution in [0.1, 0.15) is 31.2 Å². The molecule has 2 aliphatic heterocycles. The van der Waals surface area contributed by atoms with E-state index in [1.54, 1.807) is 0 Å². The highest BCUT2D eigenvalue weighted by molar-refractivity contribution is 5.43. The minimum absolute atomic E-state index is 0.597. The monoisotopic (exact) mass is 440 g/mol. The number of aryl methyl sites for hydroxylation is 1. The van der Waals surface area contributed by atoms with Crippen LogP contribution < -0.4 is 19.9 Å². The molecule has 0 saturated carbocycles. The van der Waals surface area contributed by atoms with Crippen LogP contribution in [-0.4, -0.2) is 51.1 Å². The molecular formula is C26H36N2O4. The second kappa shape index (κ2) is 14.9. The largest absolute Gasteiger partial charge is 0.493 e. The van der Waals surface area contributed by atoms with E-state index >= 15 is 0 Å². The molecule has 2 N–H and O–H groups in total. The van der Waals surface area contributed by atoms with Crippen LogP contribution in [0.15, 0.2) is 60.8 Å². The highest BCUT2D eigenvalue weighted by Crippen LogP contribution is 2.31. The van der Waals surface area contributed by atoms with E-state index in [0.29, 0.717) is 31.9 Å². The highest BCUT2D eigenvalue weighted by atomic mass is 16.6. The molecule has 0 spiro atoms. The molecule has 0 atom stereocenters. The first-order valence-corrected chi connectivity index (χ1v) is 11.2. The molecule has 1 fully saturated rings. The van der Waals surface area contributed by atoms with Crippen molar-refractivity contribution in [1.29, 1.82) is 0 Å². The highest BCUT2D eigenvalue weighted by Gasteiger charge is 2.13. The third kappa shape index (κ3) is 9.43. The Morgan fingerprint density at radius 3 is 2.38 bits per heavy atom. The van der Waals surface area contributed by atoms with Crippen LogP contribution in [0.25, 0.3) is 0 Å². The summed E-state index contributed by atoms with van der Waals surface area (Å²) in [6, 6.07) is 16.0.